The first kappa shape index (κ1) is 21.9. The van der Waals surface area contributed by atoms with Gasteiger partial charge in [-0.15, -0.1) is 0 Å². The summed E-state index contributed by atoms with van der Waals surface area (Å²) >= 11 is 0. The summed E-state index contributed by atoms with van der Waals surface area (Å²) in [5.41, 5.74) is 3.24. The fourth-order valence-electron chi connectivity index (χ4n) is 3.58. The van der Waals surface area contributed by atoms with E-state index in [1.165, 1.54) is 0 Å². The zero-order chi connectivity index (χ0) is 22.6. The predicted molar refractivity (Wildman–Crippen MR) is 123 cm³/mol. The molecule has 2 aromatic carbocycles. The summed E-state index contributed by atoms with van der Waals surface area (Å²) in [5.74, 6) is -0.0135. The molecule has 1 N–H and O–H groups in total. The highest BCUT2D eigenvalue weighted by molar-refractivity contribution is 7.91. The highest BCUT2D eigenvalue weighted by Gasteiger charge is 2.17. The lowest BCUT2D eigenvalue weighted by atomic mass is 10.0. The smallest absolute Gasteiger partial charge is 0.206 e. The molecular formula is C25H25N3O3S. The number of H-pyrrole nitrogens is 1. The van der Waals surface area contributed by atoms with E-state index in [1.807, 2.05) is 12.1 Å². The maximum absolute atomic E-state index is 12.9. The second kappa shape index (κ2) is 9.44. The van der Waals surface area contributed by atoms with Crippen LogP contribution in [0.5, 0.6) is 0 Å². The monoisotopic (exact) mass is 447 g/mol. The Kier molecular flexibility index (Phi) is 6.46. The number of Topliss-reactive ketones (excluding diaryl/α,β-unsaturated/α-hetero) is 1. The molecule has 0 unspecified atom stereocenters. The standard InChI is InChI=1S/C25H25N3O3S/c1-2-3-4-18-5-10-22(11-6-18)32(30,31)23-12-7-19(8-13-23)9-14-24(29)20-15-21-17-27-28-25(21)26-16-20/h5-8,10-13,15-17H,2-4,9,14H2,1H3,(H,26,27,28). The minimum atomic E-state index is -3.57. The van der Waals surface area contributed by atoms with E-state index in [-0.39, 0.29) is 10.7 Å². The van der Waals surface area contributed by atoms with Crippen LogP contribution in [0, 0.1) is 0 Å². The lowest BCUT2D eigenvalue weighted by Gasteiger charge is -2.08. The number of aromatic amines is 1. The number of rotatable bonds is 9. The third-order valence-electron chi connectivity index (χ3n) is 5.54. The van der Waals surface area contributed by atoms with E-state index in [4.69, 9.17) is 0 Å². The number of benzene rings is 2. The Balaban J connectivity index is 1.41. The van der Waals surface area contributed by atoms with Crippen LogP contribution in [0.15, 0.2) is 76.8 Å². The molecule has 0 atom stereocenters. The lowest BCUT2D eigenvalue weighted by Crippen LogP contribution is -2.04. The van der Waals surface area contributed by atoms with Crippen LogP contribution in [-0.4, -0.2) is 29.4 Å². The summed E-state index contributed by atoms with van der Waals surface area (Å²) in [6.45, 7) is 2.13. The number of unbranched alkanes of at least 4 members (excludes halogenated alkanes) is 1. The molecule has 0 aliphatic rings. The van der Waals surface area contributed by atoms with Crippen LogP contribution in [0.3, 0.4) is 0 Å². The molecule has 6 nitrogen and oxygen atoms in total. The molecule has 0 amide bonds. The number of hydrogen-bond acceptors (Lipinski definition) is 5. The normalized spacial score (nSPS) is 11.7. The molecule has 0 saturated carbocycles. The second-order valence-electron chi connectivity index (χ2n) is 7.85. The molecule has 4 aromatic rings. The van der Waals surface area contributed by atoms with E-state index in [0.717, 1.165) is 35.8 Å². The number of carbonyl (C=O) groups excluding carboxylic acids is 1. The molecule has 2 heterocycles. The number of carbonyl (C=O) groups is 1. The largest absolute Gasteiger partial charge is 0.294 e. The minimum absolute atomic E-state index is 0.0135. The number of ketones is 1. The Hall–Kier alpha value is -3.32. The molecule has 4 rings (SSSR count). The van der Waals surface area contributed by atoms with Gasteiger partial charge in [0.1, 0.15) is 0 Å². The van der Waals surface area contributed by atoms with Gasteiger partial charge in [-0.3, -0.25) is 9.89 Å². The zero-order valence-corrected chi connectivity index (χ0v) is 18.7. The summed E-state index contributed by atoms with van der Waals surface area (Å²) in [6, 6.07) is 15.7. The van der Waals surface area contributed by atoms with Crippen LogP contribution in [-0.2, 0) is 22.7 Å². The first-order valence-corrected chi connectivity index (χ1v) is 12.2. The molecular weight excluding hydrogens is 422 g/mol. The van der Waals surface area contributed by atoms with Gasteiger partial charge in [0, 0.05) is 23.6 Å². The molecule has 0 fully saturated rings. The van der Waals surface area contributed by atoms with Crippen molar-refractivity contribution in [3.05, 3.63) is 83.7 Å². The highest BCUT2D eigenvalue weighted by Crippen LogP contribution is 2.23. The summed E-state index contributed by atoms with van der Waals surface area (Å²) in [4.78, 5) is 17.3. The summed E-state index contributed by atoms with van der Waals surface area (Å²) < 4.78 is 25.9. The van der Waals surface area contributed by atoms with Gasteiger partial charge in [-0.2, -0.15) is 5.10 Å². The Morgan fingerprint density at radius 2 is 1.53 bits per heavy atom. The number of sulfone groups is 1. The molecule has 7 heteroatoms. The van der Waals surface area contributed by atoms with Gasteiger partial charge < -0.3 is 0 Å². The van der Waals surface area contributed by atoms with Crippen LogP contribution >= 0.6 is 0 Å². The first-order valence-electron chi connectivity index (χ1n) is 10.7. The number of hydrogen-bond donors (Lipinski definition) is 1. The van der Waals surface area contributed by atoms with Crippen molar-refractivity contribution in [3.63, 3.8) is 0 Å². The van der Waals surface area contributed by atoms with Gasteiger partial charge in [0.25, 0.3) is 0 Å². The molecule has 0 bridgehead atoms. The van der Waals surface area contributed by atoms with Gasteiger partial charge in [-0.1, -0.05) is 37.6 Å². The fraction of sp³-hybridized carbons (Fsp3) is 0.240. The Morgan fingerprint density at radius 3 is 2.16 bits per heavy atom. The van der Waals surface area contributed by atoms with Crippen LogP contribution in [0.2, 0.25) is 0 Å². The van der Waals surface area contributed by atoms with Crippen molar-refractivity contribution in [1.82, 2.24) is 15.2 Å². The average Bonchev–Trinajstić information content (AvgIpc) is 3.30. The van der Waals surface area contributed by atoms with E-state index < -0.39 is 9.84 Å². The number of nitrogens with zero attached hydrogens (tertiary/aromatic N) is 2. The zero-order valence-electron chi connectivity index (χ0n) is 17.9. The van der Waals surface area contributed by atoms with Gasteiger partial charge in [0.2, 0.25) is 9.84 Å². The Morgan fingerprint density at radius 1 is 0.906 bits per heavy atom. The van der Waals surface area contributed by atoms with Gasteiger partial charge >= 0.3 is 0 Å². The summed E-state index contributed by atoms with van der Waals surface area (Å²) in [5, 5.41) is 7.47. The third-order valence-corrected chi connectivity index (χ3v) is 7.33. The van der Waals surface area contributed by atoms with Gasteiger partial charge in [0.05, 0.1) is 16.0 Å². The molecule has 0 aliphatic heterocycles. The summed E-state index contributed by atoms with van der Waals surface area (Å²) in [7, 11) is -3.57. The third kappa shape index (κ3) is 4.78. The van der Waals surface area contributed by atoms with E-state index in [2.05, 4.69) is 22.1 Å². The van der Waals surface area contributed by atoms with E-state index >= 15 is 0 Å². The van der Waals surface area contributed by atoms with Crippen LogP contribution < -0.4 is 0 Å². The maximum Gasteiger partial charge on any atom is 0.206 e. The molecule has 0 saturated heterocycles. The molecule has 0 spiro atoms. The molecule has 32 heavy (non-hydrogen) atoms. The first-order chi connectivity index (χ1) is 15.5. The van der Waals surface area contributed by atoms with Crippen molar-refractivity contribution in [1.29, 1.82) is 0 Å². The van der Waals surface area contributed by atoms with Gasteiger partial charge in [0.15, 0.2) is 11.4 Å². The Labute approximate surface area is 187 Å². The highest BCUT2D eigenvalue weighted by atomic mass is 32.2. The topological polar surface area (TPSA) is 92.8 Å². The second-order valence-corrected chi connectivity index (χ2v) is 9.80. The van der Waals surface area contributed by atoms with Crippen molar-refractivity contribution in [2.45, 2.75) is 48.8 Å². The van der Waals surface area contributed by atoms with E-state index in [1.54, 1.807) is 54.9 Å². The Bertz CT molecular complexity index is 1330. The van der Waals surface area contributed by atoms with Crippen molar-refractivity contribution in [3.8, 4) is 0 Å². The SMILES string of the molecule is CCCCc1ccc(S(=O)(=O)c2ccc(CCC(=O)c3cnc4[nH]ncc4c3)cc2)cc1. The van der Waals surface area contributed by atoms with Crippen LogP contribution in [0.25, 0.3) is 11.0 Å². The van der Waals surface area contributed by atoms with Crippen molar-refractivity contribution in [2.24, 2.45) is 0 Å². The summed E-state index contributed by atoms with van der Waals surface area (Å²) in [6.07, 6.45) is 7.17. The quantitative estimate of drug-likeness (QED) is 0.367. The van der Waals surface area contributed by atoms with Crippen LogP contribution in [0.4, 0.5) is 0 Å². The van der Waals surface area contributed by atoms with Crippen molar-refractivity contribution >= 4 is 26.7 Å². The fourth-order valence-corrected chi connectivity index (χ4v) is 4.84. The lowest BCUT2D eigenvalue weighted by molar-refractivity contribution is 0.0982. The maximum atomic E-state index is 12.9. The number of pyridine rings is 1. The van der Waals surface area contributed by atoms with Crippen molar-refractivity contribution < 1.29 is 13.2 Å². The van der Waals surface area contributed by atoms with E-state index in [0.29, 0.717) is 28.9 Å². The predicted octanol–water partition coefficient (Wildman–Crippen LogP) is 4.95. The molecule has 0 radical (unpaired) electrons. The molecule has 2 aromatic heterocycles. The van der Waals surface area contributed by atoms with E-state index in [9.17, 15) is 13.2 Å². The number of nitrogens with one attached hydrogen (secondary N) is 1. The van der Waals surface area contributed by atoms with Gasteiger partial charge in [-0.05, 0) is 60.7 Å². The number of aromatic nitrogens is 3. The number of aryl methyl sites for hydroxylation is 2. The molecule has 164 valence electrons. The average molecular weight is 448 g/mol. The number of fused-ring (bicyclic) bond motifs is 1. The van der Waals surface area contributed by atoms with Crippen molar-refractivity contribution in [2.75, 3.05) is 0 Å². The van der Waals surface area contributed by atoms with Gasteiger partial charge in [-0.25, -0.2) is 13.4 Å². The molecule has 0 aliphatic carbocycles. The minimum Gasteiger partial charge on any atom is -0.294 e. The van der Waals surface area contributed by atoms with Crippen LogP contribution in [0.1, 0.15) is 47.7 Å².